The van der Waals surface area contributed by atoms with Crippen LogP contribution in [0.4, 0.5) is 34.9 Å². The number of nitro benzene ring substituents is 1. The van der Waals surface area contributed by atoms with E-state index in [2.05, 4.69) is 15.8 Å². The first-order chi connectivity index (χ1) is 20.5. The van der Waals surface area contributed by atoms with Crippen LogP contribution >= 0.6 is 0 Å². The van der Waals surface area contributed by atoms with Gasteiger partial charge in [0, 0.05) is 34.6 Å². The van der Waals surface area contributed by atoms with E-state index in [1.165, 1.54) is 37.6 Å². The van der Waals surface area contributed by atoms with E-state index in [-0.39, 0.29) is 17.2 Å². The van der Waals surface area contributed by atoms with Crippen LogP contribution in [0.5, 0.6) is 0 Å². The quantitative estimate of drug-likeness (QED) is 0.127. The summed E-state index contributed by atoms with van der Waals surface area (Å²) in [4.78, 5) is 27.3. The van der Waals surface area contributed by atoms with Crippen LogP contribution < -0.4 is 15.6 Å². The van der Waals surface area contributed by atoms with E-state index in [9.17, 15) is 10.1 Å². The van der Waals surface area contributed by atoms with Crippen molar-refractivity contribution in [1.82, 2.24) is 15.0 Å². The molecule has 8 rings (SSSR count). The van der Waals surface area contributed by atoms with Crippen LogP contribution in [0.1, 0.15) is 44.1 Å². The molecule has 0 aliphatic heterocycles. The topological polar surface area (TPSA) is 121 Å². The Balaban J connectivity index is 1.25. The van der Waals surface area contributed by atoms with Crippen molar-refractivity contribution in [2.45, 2.75) is 44.1 Å². The summed E-state index contributed by atoms with van der Waals surface area (Å²) in [5.41, 5.74) is 5.39. The first-order valence-electron chi connectivity index (χ1n) is 14.5. The fourth-order valence-corrected chi connectivity index (χ4v) is 7.49. The molecule has 0 atom stereocenters. The van der Waals surface area contributed by atoms with Gasteiger partial charge in [-0.25, -0.2) is 5.43 Å². The third-order valence-electron chi connectivity index (χ3n) is 8.73. The van der Waals surface area contributed by atoms with Gasteiger partial charge in [-0.1, -0.05) is 48.5 Å². The molecule has 2 N–H and O–H groups in total. The summed E-state index contributed by atoms with van der Waals surface area (Å²) < 4.78 is 0. The maximum Gasteiger partial charge on any atom is 0.270 e. The average Bonchev–Trinajstić information content (AvgIpc) is 2.98. The number of hydrogen-bond acceptors (Lipinski definition) is 9. The van der Waals surface area contributed by atoms with E-state index >= 15 is 0 Å². The maximum atomic E-state index is 11.2. The SMILES string of the molecule is O=[N+]([O-])c1cccc(C=NNc2nc(NC34CC5CC(CC(C5)C3)C4)nc(N(c3ccccc3)c3ccccc3)n2)c1. The molecule has 0 unspecified atom stereocenters. The third-order valence-corrected chi connectivity index (χ3v) is 8.73. The molecular weight excluding hydrogens is 528 g/mol. The Hall–Kier alpha value is -4.86. The molecule has 4 aromatic rings. The standard InChI is InChI=1S/C32H32N8O2/c41-40(42)28-13-7-8-22(17-28)21-33-38-30-34-29(37-32-18-23-14-24(19-32)16-25(15-23)20-32)35-31(36-30)39(26-9-3-1-4-10-26)27-11-5-2-6-12-27/h1-13,17,21,23-25H,14-16,18-20H2,(H2,34,35,36,37,38). The number of aromatic nitrogens is 3. The molecule has 1 heterocycles. The number of non-ortho nitro benzene ring substituents is 1. The van der Waals surface area contributed by atoms with Gasteiger partial charge in [-0.3, -0.25) is 15.0 Å². The molecule has 4 saturated carbocycles. The molecule has 0 saturated heterocycles. The summed E-state index contributed by atoms with van der Waals surface area (Å²) >= 11 is 0. The van der Waals surface area contributed by atoms with Crippen LogP contribution in [0, 0.1) is 27.9 Å². The number of nitrogens with one attached hydrogen (secondary N) is 2. The molecule has 42 heavy (non-hydrogen) atoms. The third kappa shape index (κ3) is 5.39. The van der Waals surface area contributed by atoms with E-state index < -0.39 is 4.92 Å². The second-order valence-corrected chi connectivity index (χ2v) is 11.8. The van der Waals surface area contributed by atoms with Crippen LogP contribution in [0.15, 0.2) is 90.0 Å². The van der Waals surface area contributed by atoms with Gasteiger partial charge in [-0.2, -0.15) is 20.1 Å². The maximum absolute atomic E-state index is 11.2. The van der Waals surface area contributed by atoms with Crippen molar-refractivity contribution >= 4 is 41.1 Å². The minimum atomic E-state index is -0.423. The number of hydrazone groups is 1. The molecule has 1 aromatic heterocycles. The Morgan fingerprint density at radius 2 is 1.40 bits per heavy atom. The van der Waals surface area contributed by atoms with Gasteiger partial charge in [0.25, 0.3) is 5.69 Å². The normalized spacial score (nSPS) is 24.0. The van der Waals surface area contributed by atoms with E-state index in [4.69, 9.17) is 15.0 Å². The number of hydrogen-bond donors (Lipinski definition) is 2. The summed E-state index contributed by atoms with van der Waals surface area (Å²) in [5, 5.41) is 19.3. The van der Waals surface area contributed by atoms with Gasteiger partial charge in [0.15, 0.2) is 0 Å². The van der Waals surface area contributed by atoms with Crippen molar-refractivity contribution < 1.29 is 4.92 Å². The summed E-state index contributed by atoms with van der Waals surface area (Å²) in [7, 11) is 0. The van der Waals surface area contributed by atoms with E-state index in [0.717, 1.165) is 48.4 Å². The lowest BCUT2D eigenvalue weighted by atomic mass is 9.53. The lowest BCUT2D eigenvalue weighted by molar-refractivity contribution is -0.384. The van der Waals surface area contributed by atoms with Crippen molar-refractivity contribution in [3.63, 3.8) is 0 Å². The van der Waals surface area contributed by atoms with E-state index in [1.54, 1.807) is 12.1 Å². The molecule has 4 fully saturated rings. The highest BCUT2D eigenvalue weighted by atomic mass is 16.6. The zero-order valence-electron chi connectivity index (χ0n) is 23.1. The largest absolute Gasteiger partial charge is 0.349 e. The number of para-hydroxylation sites is 2. The fraction of sp³-hybridized carbons (Fsp3) is 0.312. The molecule has 4 bridgehead atoms. The van der Waals surface area contributed by atoms with Gasteiger partial charge in [0.1, 0.15) is 0 Å². The lowest BCUT2D eigenvalue weighted by Crippen LogP contribution is -2.55. The summed E-state index contributed by atoms with van der Waals surface area (Å²) in [6.45, 7) is 0. The Labute approximate surface area is 244 Å². The molecule has 0 amide bonds. The van der Waals surface area contributed by atoms with Gasteiger partial charge in [-0.15, -0.1) is 0 Å². The number of nitrogens with zero attached hydrogens (tertiary/aromatic N) is 6. The Kier molecular flexibility index (Phi) is 6.73. The Morgan fingerprint density at radius 3 is 2.00 bits per heavy atom. The monoisotopic (exact) mass is 560 g/mol. The number of anilines is 5. The Bertz CT molecular complexity index is 1540. The highest BCUT2D eigenvalue weighted by Crippen LogP contribution is 2.56. The van der Waals surface area contributed by atoms with Gasteiger partial charge < -0.3 is 5.32 Å². The van der Waals surface area contributed by atoms with Crippen LogP contribution in [0.25, 0.3) is 0 Å². The van der Waals surface area contributed by atoms with Crippen LogP contribution in [0.3, 0.4) is 0 Å². The van der Waals surface area contributed by atoms with Crippen LogP contribution in [0.2, 0.25) is 0 Å². The molecule has 0 spiro atoms. The molecule has 10 nitrogen and oxygen atoms in total. The second-order valence-electron chi connectivity index (χ2n) is 11.8. The predicted octanol–water partition coefficient (Wildman–Crippen LogP) is 7.08. The first-order valence-corrected chi connectivity index (χ1v) is 14.5. The average molecular weight is 561 g/mol. The molecule has 0 radical (unpaired) electrons. The van der Waals surface area contributed by atoms with E-state index in [0.29, 0.717) is 17.5 Å². The predicted molar refractivity (Wildman–Crippen MR) is 163 cm³/mol. The fourth-order valence-electron chi connectivity index (χ4n) is 7.49. The molecular formula is C32H32N8O2. The zero-order chi connectivity index (χ0) is 28.5. The summed E-state index contributed by atoms with van der Waals surface area (Å²) in [5.74, 6) is 3.58. The van der Waals surface area contributed by atoms with Gasteiger partial charge in [0.05, 0.1) is 11.1 Å². The number of nitro groups is 1. The first kappa shape index (κ1) is 26.1. The van der Waals surface area contributed by atoms with Gasteiger partial charge in [-0.05, 0) is 80.5 Å². The van der Waals surface area contributed by atoms with Gasteiger partial charge >= 0.3 is 0 Å². The minimum Gasteiger partial charge on any atom is -0.349 e. The molecule has 4 aliphatic carbocycles. The minimum absolute atomic E-state index is 0.00120. The summed E-state index contributed by atoms with van der Waals surface area (Å²) in [6.07, 6.45) is 9.00. The van der Waals surface area contributed by atoms with Crippen LogP contribution in [-0.2, 0) is 0 Å². The van der Waals surface area contributed by atoms with Crippen molar-refractivity contribution in [2.75, 3.05) is 15.6 Å². The van der Waals surface area contributed by atoms with Crippen molar-refractivity contribution in [2.24, 2.45) is 22.9 Å². The van der Waals surface area contributed by atoms with Crippen molar-refractivity contribution in [1.29, 1.82) is 0 Å². The van der Waals surface area contributed by atoms with Gasteiger partial charge in [0.2, 0.25) is 17.8 Å². The number of benzene rings is 3. The van der Waals surface area contributed by atoms with Crippen molar-refractivity contribution in [3.05, 3.63) is 101 Å². The second kappa shape index (κ2) is 10.8. The van der Waals surface area contributed by atoms with E-state index in [1.807, 2.05) is 65.6 Å². The summed E-state index contributed by atoms with van der Waals surface area (Å²) in [6, 6.07) is 26.3. The molecule has 10 heteroatoms. The molecule has 212 valence electrons. The molecule has 4 aliphatic rings. The molecule has 3 aromatic carbocycles. The Morgan fingerprint density at radius 1 is 0.810 bits per heavy atom. The highest BCUT2D eigenvalue weighted by Gasteiger charge is 2.51. The number of rotatable bonds is 9. The lowest BCUT2D eigenvalue weighted by Gasteiger charge is -2.56. The smallest absolute Gasteiger partial charge is 0.270 e. The van der Waals surface area contributed by atoms with Crippen LogP contribution in [-0.4, -0.2) is 31.6 Å². The zero-order valence-corrected chi connectivity index (χ0v) is 23.1. The highest BCUT2D eigenvalue weighted by molar-refractivity contribution is 5.81. The van der Waals surface area contributed by atoms with Crippen molar-refractivity contribution in [3.8, 4) is 0 Å².